The quantitative estimate of drug-likeness (QED) is 0.850. The smallest absolute Gasteiger partial charge is 0.262 e. The van der Waals surface area contributed by atoms with Gasteiger partial charge in [-0.1, -0.05) is 22.0 Å². The lowest BCUT2D eigenvalue weighted by Gasteiger charge is -2.27. The number of ether oxygens (including phenoxy) is 2. The molecule has 5 heteroatoms. The Kier molecular flexibility index (Phi) is 3.75. The van der Waals surface area contributed by atoms with Crippen LogP contribution in [0.4, 0.5) is 5.69 Å². The van der Waals surface area contributed by atoms with E-state index in [0.717, 1.165) is 37.5 Å². The molecule has 2 heterocycles. The Morgan fingerprint density at radius 3 is 2.89 bits per heavy atom. The van der Waals surface area contributed by atoms with E-state index in [1.54, 1.807) is 0 Å². The van der Waals surface area contributed by atoms with E-state index in [0.29, 0.717) is 10.7 Å². The van der Waals surface area contributed by atoms with Crippen molar-refractivity contribution in [1.29, 1.82) is 0 Å². The normalized spacial score (nSPS) is 21.2. The largest absolute Gasteiger partial charge is 0.482 e. The molecule has 0 aliphatic carbocycles. The van der Waals surface area contributed by atoms with Gasteiger partial charge in [-0.2, -0.15) is 0 Å². The summed E-state index contributed by atoms with van der Waals surface area (Å²) in [5.41, 5.74) is 1.95. The summed E-state index contributed by atoms with van der Waals surface area (Å²) in [5, 5.41) is 2.85. The molecule has 0 bridgehead atoms. The van der Waals surface area contributed by atoms with Crippen molar-refractivity contribution in [3.8, 4) is 5.75 Å². The molecule has 0 saturated carbocycles. The maximum Gasteiger partial charge on any atom is 0.262 e. The van der Waals surface area contributed by atoms with Gasteiger partial charge in [0.25, 0.3) is 5.91 Å². The molecule has 1 fully saturated rings. The lowest BCUT2D eigenvalue weighted by molar-refractivity contribution is -0.118. The van der Waals surface area contributed by atoms with Crippen LogP contribution in [0.3, 0.4) is 0 Å². The van der Waals surface area contributed by atoms with Crippen molar-refractivity contribution in [3.63, 3.8) is 0 Å². The first-order chi connectivity index (χ1) is 9.24. The number of carbonyl (C=O) groups is 1. The minimum atomic E-state index is -0.0955. The summed E-state index contributed by atoms with van der Waals surface area (Å²) in [6.45, 7) is 1.76. The molecule has 19 heavy (non-hydrogen) atoms. The van der Waals surface area contributed by atoms with Crippen molar-refractivity contribution in [2.45, 2.75) is 17.7 Å². The first kappa shape index (κ1) is 12.9. The van der Waals surface area contributed by atoms with E-state index < -0.39 is 0 Å². The molecule has 2 aliphatic heterocycles. The fraction of sp³-hybridized carbons (Fsp3) is 0.500. The summed E-state index contributed by atoms with van der Waals surface area (Å²) >= 11 is 3.78. The van der Waals surface area contributed by atoms with Crippen LogP contribution < -0.4 is 10.1 Å². The Hall–Kier alpha value is -1.07. The molecule has 3 rings (SSSR count). The second-order valence-corrected chi connectivity index (χ2v) is 5.93. The number of rotatable bonds is 2. The maximum atomic E-state index is 11.3. The van der Waals surface area contributed by atoms with E-state index in [1.165, 1.54) is 5.56 Å². The minimum Gasteiger partial charge on any atom is -0.482 e. The Morgan fingerprint density at radius 2 is 2.11 bits per heavy atom. The van der Waals surface area contributed by atoms with Gasteiger partial charge in [0.1, 0.15) is 5.75 Å². The molecule has 102 valence electrons. The fourth-order valence-electron chi connectivity index (χ4n) is 2.55. The number of anilines is 1. The summed E-state index contributed by atoms with van der Waals surface area (Å²) in [6, 6.07) is 5.99. The van der Waals surface area contributed by atoms with Gasteiger partial charge >= 0.3 is 0 Å². The summed E-state index contributed by atoms with van der Waals surface area (Å²) < 4.78 is 10.8. The van der Waals surface area contributed by atoms with Crippen LogP contribution in [0, 0.1) is 5.92 Å². The Bertz CT molecular complexity index is 486. The number of carbonyl (C=O) groups excluding carboxylic acids is 1. The molecule has 1 aromatic rings. The third kappa shape index (κ3) is 2.77. The zero-order valence-corrected chi connectivity index (χ0v) is 12.1. The Morgan fingerprint density at radius 1 is 1.32 bits per heavy atom. The number of amides is 1. The van der Waals surface area contributed by atoms with Crippen LogP contribution >= 0.6 is 15.9 Å². The minimum absolute atomic E-state index is 0.0955. The van der Waals surface area contributed by atoms with Gasteiger partial charge in [-0.3, -0.25) is 4.79 Å². The van der Waals surface area contributed by atoms with E-state index in [9.17, 15) is 4.79 Å². The van der Waals surface area contributed by atoms with Crippen molar-refractivity contribution in [2.24, 2.45) is 5.92 Å². The van der Waals surface area contributed by atoms with Crippen molar-refractivity contribution < 1.29 is 14.3 Å². The van der Waals surface area contributed by atoms with Gasteiger partial charge in [0, 0.05) is 18.0 Å². The highest BCUT2D eigenvalue weighted by Crippen LogP contribution is 2.40. The van der Waals surface area contributed by atoms with Crippen LogP contribution in [0.1, 0.15) is 23.2 Å². The predicted molar refractivity (Wildman–Crippen MR) is 75.8 cm³/mol. The zero-order chi connectivity index (χ0) is 13.2. The van der Waals surface area contributed by atoms with Crippen LogP contribution in [0.5, 0.6) is 5.75 Å². The lowest BCUT2D eigenvalue weighted by atomic mass is 9.92. The molecule has 0 aromatic heterocycles. The fourth-order valence-corrected chi connectivity index (χ4v) is 3.37. The highest BCUT2D eigenvalue weighted by molar-refractivity contribution is 9.09. The molecule has 1 saturated heterocycles. The first-order valence-electron chi connectivity index (χ1n) is 6.52. The summed E-state index contributed by atoms with van der Waals surface area (Å²) in [7, 11) is 0. The average molecular weight is 326 g/mol. The molecule has 1 atom stereocenters. The van der Waals surface area contributed by atoms with Crippen LogP contribution in [-0.2, 0) is 9.53 Å². The highest BCUT2D eigenvalue weighted by atomic mass is 79.9. The Balaban J connectivity index is 1.80. The topological polar surface area (TPSA) is 47.6 Å². The van der Waals surface area contributed by atoms with Crippen LogP contribution in [0.15, 0.2) is 18.2 Å². The number of benzene rings is 1. The third-order valence-corrected chi connectivity index (χ3v) is 4.91. The molecule has 4 nitrogen and oxygen atoms in total. The van der Waals surface area contributed by atoms with E-state index in [4.69, 9.17) is 9.47 Å². The molecule has 0 radical (unpaired) electrons. The number of fused-ring (bicyclic) bond motifs is 1. The predicted octanol–water partition coefficient (Wildman–Crippen LogP) is 2.88. The molecule has 2 aliphatic rings. The van der Waals surface area contributed by atoms with E-state index in [-0.39, 0.29) is 12.5 Å². The van der Waals surface area contributed by atoms with Crippen LogP contribution in [0.25, 0.3) is 0 Å². The number of alkyl halides is 1. The van der Waals surface area contributed by atoms with Gasteiger partial charge in [0.15, 0.2) is 6.61 Å². The van der Waals surface area contributed by atoms with Gasteiger partial charge in [-0.25, -0.2) is 0 Å². The molecular weight excluding hydrogens is 310 g/mol. The second-order valence-electron chi connectivity index (χ2n) is 4.94. The van der Waals surface area contributed by atoms with Gasteiger partial charge in [-0.05, 0) is 36.5 Å². The van der Waals surface area contributed by atoms with Crippen LogP contribution in [0.2, 0.25) is 0 Å². The average Bonchev–Trinajstić information content (AvgIpc) is 2.46. The van der Waals surface area contributed by atoms with Crippen molar-refractivity contribution in [2.75, 3.05) is 25.1 Å². The molecule has 1 N–H and O–H groups in total. The van der Waals surface area contributed by atoms with Crippen molar-refractivity contribution in [3.05, 3.63) is 23.8 Å². The van der Waals surface area contributed by atoms with Gasteiger partial charge in [0.2, 0.25) is 0 Å². The van der Waals surface area contributed by atoms with Crippen LogP contribution in [-0.4, -0.2) is 25.7 Å². The standard InChI is InChI=1S/C14H16BrNO3/c15-14(9-3-5-18-6-4-9)10-1-2-12-11(7-10)16-13(17)8-19-12/h1-2,7,9,14H,3-6,8H2,(H,16,17). The van der Waals surface area contributed by atoms with E-state index in [2.05, 4.69) is 27.3 Å². The van der Waals surface area contributed by atoms with Gasteiger partial charge in [-0.15, -0.1) is 0 Å². The van der Waals surface area contributed by atoms with Crippen molar-refractivity contribution >= 4 is 27.5 Å². The zero-order valence-electron chi connectivity index (χ0n) is 10.5. The molecule has 1 amide bonds. The third-order valence-electron chi connectivity index (χ3n) is 3.63. The molecule has 1 aromatic carbocycles. The highest BCUT2D eigenvalue weighted by Gasteiger charge is 2.25. The summed E-state index contributed by atoms with van der Waals surface area (Å²) in [5.74, 6) is 1.23. The van der Waals surface area contributed by atoms with Gasteiger partial charge < -0.3 is 14.8 Å². The lowest BCUT2D eigenvalue weighted by Crippen LogP contribution is -2.25. The van der Waals surface area contributed by atoms with E-state index >= 15 is 0 Å². The van der Waals surface area contributed by atoms with E-state index in [1.807, 2.05) is 12.1 Å². The monoisotopic (exact) mass is 325 g/mol. The summed E-state index contributed by atoms with van der Waals surface area (Å²) in [6.07, 6.45) is 2.13. The SMILES string of the molecule is O=C1COc2ccc(C(Br)C3CCOCC3)cc2N1. The number of hydrogen-bond donors (Lipinski definition) is 1. The first-order valence-corrected chi connectivity index (χ1v) is 7.44. The number of hydrogen-bond acceptors (Lipinski definition) is 3. The van der Waals surface area contributed by atoms with Crippen molar-refractivity contribution in [1.82, 2.24) is 0 Å². The molecule has 0 spiro atoms. The number of nitrogens with one attached hydrogen (secondary N) is 1. The molecular formula is C14H16BrNO3. The van der Waals surface area contributed by atoms with Gasteiger partial charge in [0.05, 0.1) is 5.69 Å². The summed E-state index contributed by atoms with van der Waals surface area (Å²) in [4.78, 5) is 11.6. The Labute approximate surface area is 120 Å². The second kappa shape index (κ2) is 5.51. The number of halogens is 1. The molecule has 1 unspecified atom stereocenters. The maximum absolute atomic E-state index is 11.3.